The van der Waals surface area contributed by atoms with Crippen LogP contribution in [0.25, 0.3) is 0 Å². The van der Waals surface area contributed by atoms with Gasteiger partial charge in [0.1, 0.15) is 0 Å². The number of nitrogens with two attached hydrogens (primary N) is 1. The first-order valence-electron chi connectivity index (χ1n) is 6.02. The Morgan fingerprint density at radius 1 is 1.53 bits per heavy atom. The van der Waals surface area contributed by atoms with Gasteiger partial charge in [-0.3, -0.25) is 15.1 Å². The molecule has 0 atom stereocenters. The lowest BCUT2D eigenvalue weighted by Crippen LogP contribution is -2.31. The maximum absolute atomic E-state index is 11.5. The maximum Gasteiger partial charge on any atom is 0.275 e. The first-order chi connectivity index (χ1) is 8.22. The summed E-state index contributed by atoms with van der Waals surface area (Å²) in [6, 6.07) is 2.00. The molecule has 0 fully saturated rings. The molecule has 3 N–H and O–H groups in total. The summed E-state index contributed by atoms with van der Waals surface area (Å²) in [5.41, 5.74) is 3.26. The van der Waals surface area contributed by atoms with Gasteiger partial charge in [0.15, 0.2) is 0 Å². The Bertz CT molecular complexity index is 351. The fourth-order valence-corrected chi connectivity index (χ4v) is 2.51. The lowest BCUT2D eigenvalue weighted by atomic mass is 10.2. The van der Waals surface area contributed by atoms with Gasteiger partial charge >= 0.3 is 0 Å². The van der Waals surface area contributed by atoms with E-state index in [1.54, 1.807) is 0 Å². The highest BCUT2D eigenvalue weighted by atomic mass is 32.1. The number of unbranched alkanes of at least 4 members (excludes halogenated alkanes) is 1. The average molecular weight is 255 g/mol. The highest BCUT2D eigenvalue weighted by molar-refractivity contribution is 7.12. The van der Waals surface area contributed by atoms with Crippen LogP contribution in [0, 0.1) is 0 Å². The van der Waals surface area contributed by atoms with Crippen LogP contribution in [0.3, 0.4) is 0 Å². The van der Waals surface area contributed by atoms with Gasteiger partial charge in [0.05, 0.1) is 4.88 Å². The van der Waals surface area contributed by atoms with Gasteiger partial charge in [0.2, 0.25) is 0 Å². The number of hydrogen-bond donors (Lipinski definition) is 2. The first-order valence-corrected chi connectivity index (χ1v) is 6.90. The third-order valence-corrected chi connectivity index (χ3v) is 3.71. The number of nitrogens with one attached hydrogen (secondary N) is 1. The average Bonchev–Trinajstić information content (AvgIpc) is 2.81. The summed E-state index contributed by atoms with van der Waals surface area (Å²) >= 11 is 1.44. The number of carbonyl (C=O) groups excluding carboxylic acids is 1. The molecule has 0 unspecified atom stereocenters. The molecular formula is C12H21N3OS. The summed E-state index contributed by atoms with van der Waals surface area (Å²) in [6.45, 7) is 7.23. The number of hydrogen-bond acceptors (Lipinski definition) is 4. The van der Waals surface area contributed by atoms with Crippen LogP contribution in [0.4, 0.5) is 0 Å². The number of carbonyl (C=O) groups is 1. The van der Waals surface area contributed by atoms with Crippen molar-refractivity contribution in [1.82, 2.24) is 10.3 Å². The molecule has 0 aliphatic carbocycles. The van der Waals surface area contributed by atoms with Crippen molar-refractivity contribution >= 4 is 17.2 Å². The Morgan fingerprint density at radius 2 is 2.29 bits per heavy atom. The van der Waals surface area contributed by atoms with Gasteiger partial charge < -0.3 is 0 Å². The van der Waals surface area contributed by atoms with Crippen LogP contribution in [-0.2, 0) is 6.54 Å². The van der Waals surface area contributed by atoms with Gasteiger partial charge in [-0.1, -0.05) is 20.3 Å². The monoisotopic (exact) mass is 255 g/mol. The molecule has 0 aliphatic rings. The maximum atomic E-state index is 11.5. The molecule has 4 nitrogen and oxygen atoms in total. The van der Waals surface area contributed by atoms with E-state index in [9.17, 15) is 4.79 Å². The molecule has 5 heteroatoms. The van der Waals surface area contributed by atoms with Gasteiger partial charge in [-0.15, -0.1) is 11.3 Å². The molecule has 0 saturated carbocycles. The minimum atomic E-state index is -0.193. The molecule has 1 heterocycles. The number of rotatable bonds is 7. The quantitative estimate of drug-likeness (QED) is 0.445. The van der Waals surface area contributed by atoms with E-state index in [2.05, 4.69) is 24.2 Å². The summed E-state index contributed by atoms with van der Waals surface area (Å²) in [5.74, 6) is 4.98. The van der Waals surface area contributed by atoms with Crippen LogP contribution in [0.1, 0.15) is 41.9 Å². The molecule has 0 saturated heterocycles. The number of hydrazine groups is 1. The van der Waals surface area contributed by atoms with Gasteiger partial charge in [-0.05, 0) is 36.5 Å². The second kappa shape index (κ2) is 7.42. The normalized spacial score (nSPS) is 10.8. The lowest BCUT2D eigenvalue weighted by molar-refractivity contribution is 0.0956. The topological polar surface area (TPSA) is 58.4 Å². The fraction of sp³-hybridized carbons (Fsp3) is 0.583. The SMILES string of the molecule is CCCCN(CC)Cc1ccsc1C(=O)NN. The minimum Gasteiger partial charge on any atom is -0.299 e. The third-order valence-electron chi connectivity index (χ3n) is 2.75. The van der Waals surface area contributed by atoms with Gasteiger partial charge in [-0.25, -0.2) is 5.84 Å². The van der Waals surface area contributed by atoms with Crippen molar-refractivity contribution in [2.45, 2.75) is 33.2 Å². The predicted octanol–water partition coefficient (Wildman–Crippen LogP) is 1.97. The molecule has 96 valence electrons. The van der Waals surface area contributed by atoms with Crippen LogP contribution in [0.5, 0.6) is 0 Å². The summed E-state index contributed by atoms with van der Waals surface area (Å²) < 4.78 is 0. The molecule has 0 aromatic carbocycles. The van der Waals surface area contributed by atoms with E-state index in [-0.39, 0.29) is 5.91 Å². The Kier molecular flexibility index (Phi) is 6.18. The van der Waals surface area contributed by atoms with Crippen molar-refractivity contribution in [1.29, 1.82) is 0 Å². The second-order valence-electron chi connectivity index (χ2n) is 3.97. The summed E-state index contributed by atoms with van der Waals surface area (Å²) in [5, 5.41) is 1.94. The Morgan fingerprint density at radius 3 is 2.88 bits per heavy atom. The molecule has 0 aliphatic heterocycles. The zero-order valence-electron chi connectivity index (χ0n) is 10.5. The Labute approximate surface area is 107 Å². The summed E-state index contributed by atoms with van der Waals surface area (Å²) in [6.07, 6.45) is 2.38. The minimum absolute atomic E-state index is 0.193. The highest BCUT2D eigenvalue weighted by Crippen LogP contribution is 2.18. The van der Waals surface area contributed by atoms with E-state index in [1.807, 2.05) is 11.4 Å². The molecule has 1 amide bonds. The van der Waals surface area contributed by atoms with Crippen molar-refractivity contribution in [3.63, 3.8) is 0 Å². The first kappa shape index (κ1) is 14.2. The summed E-state index contributed by atoms with van der Waals surface area (Å²) in [7, 11) is 0. The van der Waals surface area contributed by atoms with E-state index in [0.29, 0.717) is 0 Å². The molecule has 1 rings (SSSR count). The Balaban J connectivity index is 2.66. The number of nitrogens with zero attached hydrogens (tertiary/aromatic N) is 1. The van der Waals surface area contributed by atoms with Crippen LogP contribution in [-0.4, -0.2) is 23.9 Å². The fourth-order valence-electron chi connectivity index (χ4n) is 1.70. The van der Waals surface area contributed by atoms with E-state index < -0.39 is 0 Å². The van der Waals surface area contributed by atoms with Gasteiger partial charge in [0, 0.05) is 6.54 Å². The molecule has 1 aromatic rings. The second-order valence-corrected chi connectivity index (χ2v) is 4.89. The van der Waals surface area contributed by atoms with Crippen molar-refractivity contribution in [2.75, 3.05) is 13.1 Å². The van der Waals surface area contributed by atoms with Crippen molar-refractivity contribution in [3.8, 4) is 0 Å². The van der Waals surface area contributed by atoms with E-state index in [4.69, 9.17) is 5.84 Å². The number of nitrogen functional groups attached to an aromatic ring is 1. The Hall–Kier alpha value is -0.910. The van der Waals surface area contributed by atoms with Gasteiger partial charge in [-0.2, -0.15) is 0 Å². The standard InChI is InChI=1S/C12H21N3OS/c1-3-5-7-15(4-2)9-10-6-8-17-11(10)12(16)14-13/h6,8H,3-5,7,9,13H2,1-2H3,(H,14,16). The molecule has 17 heavy (non-hydrogen) atoms. The van der Waals surface area contributed by atoms with E-state index in [1.165, 1.54) is 24.2 Å². The van der Waals surface area contributed by atoms with Crippen molar-refractivity contribution in [2.24, 2.45) is 5.84 Å². The zero-order valence-corrected chi connectivity index (χ0v) is 11.3. The zero-order chi connectivity index (χ0) is 12.7. The molecular weight excluding hydrogens is 234 g/mol. The van der Waals surface area contributed by atoms with Crippen molar-refractivity contribution < 1.29 is 4.79 Å². The van der Waals surface area contributed by atoms with E-state index >= 15 is 0 Å². The number of thiophene rings is 1. The van der Waals surface area contributed by atoms with Gasteiger partial charge in [0.25, 0.3) is 5.91 Å². The number of amides is 1. The van der Waals surface area contributed by atoms with Crippen LogP contribution < -0.4 is 11.3 Å². The highest BCUT2D eigenvalue weighted by Gasteiger charge is 2.13. The lowest BCUT2D eigenvalue weighted by Gasteiger charge is -2.20. The smallest absolute Gasteiger partial charge is 0.275 e. The summed E-state index contributed by atoms with van der Waals surface area (Å²) in [4.78, 5) is 14.6. The largest absolute Gasteiger partial charge is 0.299 e. The van der Waals surface area contributed by atoms with Crippen LogP contribution >= 0.6 is 11.3 Å². The van der Waals surface area contributed by atoms with Crippen LogP contribution in [0.2, 0.25) is 0 Å². The van der Waals surface area contributed by atoms with Crippen LogP contribution in [0.15, 0.2) is 11.4 Å². The molecule has 0 radical (unpaired) electrons. The van der Waals surface area contributed by atoms with Crippen molar-refractivity contribution in [3.05, 3.63) is 21.9 Å². The molecule has 1 aromatic heterocycles. The molecule has 0 bridgehead atoms. The molecule has 0 spiro atoms. The third kappa shape index (κ3) is 4.11. The predicted molar refractivity (Wildman–Crippen MR) is 71.8 cm³/mol. The van der Waals surface area contributed by atoms with E-state index in [0.717, 1.165) is 30.1 Å².